The van der Waals surface area contributed by atoms with Gasteiger partial charge in [0.05, 0.1) is 6.54 Å². The van der Waals surface area contributed by atoms with Gasteiger partial charge in [0.2, 0.25) is 5.95 Å². The summed E-state index contributed by atoms with van der Waals surface area (Å²) in [6, 6.07) is 0.0800. The standard InChI is InChI=1S/C15H20N6O2/c1-3-4-8-21-11-12(19(2)15(23)18-13(11)22)17-14(21)20-7-5-6-10(16)9-20/h10H,5-9,16H2,1-2H3,(H,18,22,23)/t10-/m1/s1. The minimum absolute atomic E-state index is 0.0800. The number of aromatic amines is 1. The zero-order valence-corrected chi connectivity index (χ0v) is 13.3. The van der Waals surface area contributed by atoms with E-state index >= 15 is 0 Å². The number of imidazole rings is 1. The van der Waals surface area contributed by atoms with Crippen molar-refractivity contribution in [1.82, 2.24) is 19.1 Å². The monoisotopic (exact) mass is 316 g/mol. The van der Waals surface area contributed by atoms with E-state index in [0.717, 1.165) is 19.4 Å². The zero-order chi connectivity index (χ0) is 16.6. The number of piperidine rings is 1. The van der Waals surface area contributed by atoms with Gasteiger partial charge in [0.25, 0.3) is 5.56 Å². The normalized spacial score (nSPS) is 18.0. The van der Waals surface area contributed by atoms with Gasteiger partial charge in [-0.25, -0.2) is 4.79 Å². The van der Waals surface area contributed by atoms with Crippen molar-refractivity contribution in [1.29, 1.82) is 0 Å². The van der Waals surface area contributed by atoms with Crippen LogP contribution >= 0.6 is 0 Å². The van der Waals surface area contributed by atoms with Gasteiger partial charge in [-0.1, -0.05) is 5.92 Å². The van der Waals surface area contributed by atoms with Crippen LogP contribution in [0, 0.1) is 11.8 Å². The third kappa shape index (κ3) is 2.64. The molecule has 8 nitrogen and oxygen atoms in total. The molecule has 0 unspecified atom stereocenters. The molecule has 3 N–H and O–H groups in total. The average molecular weight is 316 g/mol. The number of rotatable bonds is 2. The second-order valence-corrected chi connectivity index (χ2v) is 5.76. The molecule has 1 atom stereocenters. The maximum atomic E-state index is 12.3. The Hall–Kier alpha value is -2.53. The Labute approximate surface area is 132 Å². The van der Waals surface area contributed by atoms with Crippen molar-refractivity contribution in [3.8, 4) is 11.8 Å². The maximum absolute atomic E-state index is 12.3. The minimum Gasteiger partial charge on any atom is -0.341 e. The van der Waals surface area contributed by atoms with Crippen molar-refractivity contribution in [2.24, 2.45) is 12.8 Å². The van der Waals surface area contributed by atoms with Crippen LogP contribution in [0.4, 0.5) is 5.95 Å². The van der Waals surface area contributed by atoms with Gasteiger partial charge in [-0.3, -0.25) is 18.9 Å². The number of hydrogen-bond donors (Lipinski definition) is 2. The van der Waals surface area contributed by atoms with Crippen LogP contribution in [0.1, 0.15) is 19.8 Å². The van der Waals surface area contributed by atoms with Crippen molar-refractivity contribution < 1.29 is 0 Å². The van der Waals surface area contributed by atoms with Crippen molar-refractivity contribution in [3.05, 3.63) is 20.8 Å². The fourth-order valence-corrected chi connectivity index (χ4v) is 2.96. The fourth-order valence-electron chi connectivity index (χ4n) is 2.96. The summed E-state index contributed by atoms with van der Waals surface area (Å²) >= 11 is 0. The molecule has 0 aliphatic carbocycles. The van der Waals surface area contributed by atoms with E-state index < -0.39 is 11.2 Å². The molecule has 1 aliphatic heterocycles. The van der Waals surface area contributed by atoms with Gasteiger partial charge in [0.15, 0.2) is 11.2 Å². The molecular formula is C15H20N6O2. The smallest absolute Gasteiger partial charge is 0.329 e. The van der Waals surface area contributed by atoms with Crippen LogP contribution in [0.3, 0.4) is 0 Å². The van der Waals surface area contributed by atoms with Gasteiger partial charge < -0.3 is 10.6 Å². The molecule has 3 heterocycles. The molecule has 1 saturated heterocycles. The molecule has 2 aromatic heterocycles. The molecule has 0 spiro atoms. The molecule has 3 rings (SSSR count). The van der Waals surface area contributed by atoms with Crippen LogP contribution in [0.15, 0.2) is 9.59 Å². The average Bonchev–Trinajstić information content (AvgIpc) is 2.91. The van der Waals surface area contributed by atoms with Crippen molar-refractivity contribution in [3.63, 3.8) is 0 Å². The number of aryl methyl sites for hydroxylation is 1. The molecule has 0 bridgehead atoms. The first-order valence-corrected chi connectivity index (χ1v) is 7.62. The first-order chi connectivity index (χ1) is 11.0. The topological polar surface area (TPSA) is 102 Å². The van der Waals surface area contributed by atoms with Crippen molar-refractivity contribution >= 4 is 17.1 Å². The van der Waals surface area contributed by atoms with Gasteiger partial charge in [-0.15, -0.1) is 5.92 Å². The number of anilines is 1. The molecule has 2 aromatic rings. The highest BCUT2D eigenvalue weighted by Gasteiger charge is 2.24. The molecule has 0 radical (unpaired) electrons. The molecule has 122 valence electrons. The predicted octanol–water partition coefficient (Wildman–Crippen LogP) is -0.626. The van der Waals surface area contributed by atoms with Gasteiger partial charge in [0.1, 0.15) is 0 Å². The molecule has 1 fully saturated rings. The summed E-state index contributed by atoms with van der Waals surface area (Å²) in [4.78, 5) is 33.0. The van der Waals surface area contributed by atoms with E-state index in [4.69, 9.17) is 5.73 Å². The summed E-state index contributed by atoms with van der Waals surface area (Å²) < 4.78 is 3.11. The minimum atomic E-state index is -0.476. The molecule has 23 heavy (non-hydrogen) atoms. The highest BCUT2D eigenvalue weighted by Crippen LogP contribution is 2.22. The molecular weight excluding hydrogens is 296 g/mol. The van der Waals surface area contributed by atoms with Crippen LogP contribution in [0.5, 0.6) is 0 Å². The summed E-state index contributed by atoms with van der Waals surface area (Å²) in [6.07, 6.45) is 1.95. The first-order valence-electron chi connectivity index (χ1n) is 7.62. The number of nitrogens with one attached hydrogen (secondary N) is 1. The van der Waals surface area contributed by atoms with E-state index in [9.17, 15) is 9.59 Å². The third-order valence-electron chi connectivity index (χ3n) is 4.14. The highest BCUT2D eigenvalue weighted by molar-refractivity contribution is 5.74. The highest BCUT2D eigenvalue weighted by atomic mass is 16.2. The second kappa shape index (κ2) is 5.93. The molecule has 0 aromatic carbocycles. The lowest BCUT2D eigenvalue weighted by molar-refractivity contribution is 0.496. The van der Waals surface area contributed by atoms with Crippen molar-refractivity contribution in [2.45, 2.75) is 32.4 Å². The summed E-state index contributed by atoms with van der Waals surface area (Å²) in [6.45, 7) is 3.59. The fraction of sp³-hybridized carbons (Fsp3) is 0.533. The van der Waals surface area contributed by atoms with Gasteiger partial charge in [-0.05, 0) is 19.8 Å². The lowest BCUT2D eigenvalue weighted by Crippen LogP contribution is -2.44. The van der Waals surface area contributed by atoms with E-state index in [2.05, 4.69) is 26.7 Å². The number of nitrogens with two attached hydrogens (primary N) is 1. The van der Waals surface area contributed by atoms with Crippen molar-refractivity contribution in [2.75, 3.05) is 18.0 Å². The lowest BCUT2D eigenvalue weighted by atomic mass is 10.1. The van der Waals surface area contributed by atoms with E-state index in [1.54, 1.807) is 18.5 Å². The quantitative estimate of drug-likeness (QED) is 0.719. The number of aromatic nitrogens is 4. The Morgan fingerprint density at radius 1 is 1.43 bits per heavy atom. The molecule has 0 saturated carbocycles. The molecule has 8 heteroatoms. The lowest BCUT2D eigenvalue weighted by Gasteiger charge is -2.31. The number of hydrogen-bond acceptors (Lipinski definition) is 5. The van der Waals surface area contributed by atoms with E-state index in [0.29, 0.717) is 30.2 Å². The van der Waals surface area contributed by atoms with Gasteiger partial charge in [-0.2, -0.15) is 4.98 Å². The van der Waals surface area contributed by atoms with Crippen LogP contribution < -0.4 is 21.9 Å². The summed E-state index contributed by atoms with van der Waals surface area (Å²) in [5.74, 6) is 6.45. The maximum Gasteiger partial charge on any atom is 0.329 e. The Morgan fingerprint density at radius 2 is 2.22 bits per heavy atom. The number of fused-ring (bicyclic) bond motifs is 1. The number of H-pyrrole nitrogens is 1. The Balaban J connectivity index is 2.25. The van der Waals surface area contributed by atoms with Gasteiger partial charge in [0, 0.05) is 26.2 Å². The largest absolute Gasteiger partial charge is 0.341 e. The second-order valence-electron chi connectivity index (χ2n) is 5.76. The first kappa shape index (κ1) is 15.4. The summed E-state index contributed by atoms with van der Waals surface area (Å²) in [7, 11) is 1.59. The Morgan fingerprint density at radius 3 is 2.91 bits per heavy atom. The number of nitrogens with zero attached hydrogens (tertiary/aromatic N) is 4. The molecule has 0 amide bonds. The van der Waals surface area contributed by atoms with Crippen LogP contribution in [-0.4, -0.2) is 38.2 Å². The zero-order valence-electron chi connectivity index (χ0n) is 13.3. The Kier molecular flexibility index (Phi) is 3.96. The van der Waals surface area contributed by atoms with E-state index in [1.807, 2.05) is 0 Å². The summed E-state index contributed by atoms with van der Waals surface area (Å²) in [5, 5.41) is 0. The Bertz CT molecular complexity index is 910. The predicted molar refractivity (Wildman–Crippen MR) is 88.5 cm³/mol. The van der Waals surface area contributed by atoms with Crippen LogP contribution in [0.2, 0.25) is 0 Å². The summed E-state index contributed by atoms with van der Waals surface area (Å²) in [5.41, 5.74) is 5.87. The van der Waals surface area contributed by atoms with E-state index in [1.165, 1.54) is 4.57 Å². The van der Waals surface area contributed by atoms with Crippen LogP contribution in [0.25, 0.3) is 11.2 Å². The van der Waals surface area contributed by atoms with Gasteiger partial charge >= 0.3 is 5.69 Å². The third-order valence-corrected chi connectivity index (χ3v) is 4.14. The molecule has 1 aliphatic rings. The van der Waals surface area contributed by atoms with Crippen LogP contribution in [-0.2, 0) is 13.6 Å². The SMILES string of the molecule is CC#CCn1c(N2CCC[C@@H](N)C2)nc2c1c(=O)[nH]c(=O)n2C. The van der Waals surface area contributed by atoms with E-state index in [-0.39, 0.29) is 6.04 Å².